The van der Waals surface area contributed by atoms with Crippen LogP contribution in [0.15, 0.2) is 24.3 Å². The van der Waals surface area contributed by atoms with Crippen LogP contribution < -0.4 is 10.6 Å². The van der Waals surface area contributed by atoms with E-state index in [1.54, 1.807) is 0 Å². The minimum absolute atomic E-state index is 0.0109. The van der Waals surface area contributed by atoms with Crippen molar-refractivity contribution in [1.29, 1.82) is 0 Å². The Morgan fingerprint density at radius 2 is 1.82 bits per heavy atom. The molecule has 1 aromatic carbocycles. The van der Waals surface area contributed by atoms with Crippen molar-refractivity contribution in [3.05, 3.63) is 29.8 Å². The highest BCUT2D eigenvalue weighted by molar-refractivity contribution is 5.90. The number of hydrogen-bond donors (Lipinski definition) is 3. The molecule has 4 nitrogen and oxygen atoms in total. The van der Waals surface area contributed by atoms with E-state index in [0.717, 1.165) is 36.9 Å². The third kappa shape index (κ3) is 4.47. The number of rotatable bonds is 3. The second kappa shape index (κ2) is 7.14. The van der Waals surface area contributed by atoms with Crippen molar-refractivity contribution in [2.45, 2.75) is 57.9 Å². The first-order valence-electron chi connectivity index (χ1n) is 8.18. The van der Waals surface area contributed by atoms with Crippen molar-refractivity contribution in [3.63, 3.8) is 0 Å². The third-order valence-electron chi connectivity index (χ3n) is 4.42. The number of urea groups is 1. The van der Waals surface area contributed by atoms with E-state index in [9.17, 15) is 4.79 Å². The van der Waals surface area contributed by atoms with Gasteiger partial charge in [-0.05, 0) is 48.6 Å². The maximum atomic E-state index is 12.2. The second-order valence-electron chi connectivity index (χ2n) is 7.29. The summed E-state index contributed by atoms with van der Waals surface area (Å²) in [5, 5.41) is 15.2. The number of benzene rings is 1. The molecule has 122 valence electrons. The van der Waals surface area contributed by atoms with Crippen LogP contribution in [0.2, 0.25) is 0 Å². The van der Waals surface area contributed by atoms with E-state index in [4.69, 9.17) is 5.11 Å². The van der Waals surface area contributed by atoms with Gasteiger partial charge in [0.1, 0.15) is 0 Å². The number of nitrogens with one attached hydrogen (secondary N) is 2. The van der Waals surface area contributed by atoms with Crippen LogP contribution in [-0.4, -0.2) is 23.8 Å². The van der Waals surface area contributed by atoms with Gasteiger partial charge in [-0.15, -0.1) is 0 Å². The van der Waals surface area contributed by atoms with Crippen LogP contribution in [0.3, 0.4) is 0 Å². The molecule has 0 aliphatic heterocycles. The summed E-state index contributed by atoms with van der Waals surface area (Å²) in [4.78, 5) is 12.2. The molecule has 0 aromatic heterocycles. The molecule has 0 bridgehead atoms. The smallest absolute Gasteiger partial charge is 0.319 e. The molecule has 0 unspecified atom stereocenters. The van der Waals surface area contributed by atoms with Gasteiger partial charge < -0.3 is 15.7 Å². The number of carbonyl (C=O) groups excluding carboxylic acids is 1. The van der Waals surface area contributed by atoms with Crippen LogP contribution in [0, 0.1) is 5.92 Å². The van der Waals surface area contributed by atoms with Crippen molar-refractivity contribution in [3.8, 4) is 0 Å². The van der Waals surface area contributed by atoms with Crippen LogP contribution >= 0.6 is 0 Å². The van der Waals surface area contributed by atoms with Crippen molar-refractivity contribution < 1.29 is 9.90 Å². The molecule has 1 aliphatic rings. The molecule has 3 N–H and O–H groups in total. The fourth-order valence-electron chi connectivity index (χ4n) is 3.08. The van der Waals surface area contributed by atoms with Gasteiger partial charge in [0.25, 0.3) is 0 Å². The Morgan fingerprint density at radius 3 is 2.41 bits per heavy atom. The lowest BCUT2D eigenvalue weighted by atomic mass is 9.86. The first-order chi connectivity index (χ1) is 10.4. The van der Waals surface area contributed by atoms with Gasteiger partial charge in [0, 0.05) is 18.3 Å². The highest BCUT2D eigenvalue weighted by Gasteiger charge is 2.23. The summed E-state index contributed by atoms with van der Waals surface area (Å²) in [5.41, 5.74) is 1.99. The third-order valence-corrected chi connectivity index (χ3v) is 4.42. The normalized spacial score (nSPS) is 22.2. The van der Waals surface area contributed by atoms with Gasteiger partial charge in [-0.1, -0.05) is 39.0 Å². The Morgan fingerprint density at radius 1 is 1.18 bits per heavy atom. The maximum Gasteiger partial charge on any atom is 0.319 e. The van der Waals surface area contributed by atoms with Crippen LogP contribution in [0.5, 0.6) is 0 Å². The molecule has 0 spiro atoms. The van der Waals surface area contributed by atoms with E-state index in [1.165, 1.54) is 0 Å². The van der Waals surface area contributed by atoms with Gasteiger partial charge in [0.05, 0.1) is 0 Å². The van der Waals surface area contributed by atoms with Crippen molar-refractivity contribution in [1.82, 2.24) is 5.32 Å². The molecule has 0 atom stereocenters. The highest BCUT2D eigenvalue weighted by Crippen LogP contribution is 2.29. The lowest BCUT2D eigenvalue weighted by Gasteiger charge is -2.28. The SMILES string of the molecule is CC(C)(C)c1ccccc1NC(=O)NC1CCC(CO)CC1. The molecule has 0 heterocycles. The van der Waals surface area contributed by atoms with Crippen molar-refractivity contribution in [2.75, 3.05) is 11.9 Å². The summed E-state index contributed by atoms with van der Waals surface area (Å²) < 4.78 is 0. The standard InChI is InChI=1S/C18H28N2O2/c1-18(2,3)15-6-4-5-7-16(15)20-17(22)19-14-10-8-13(12-21)9-11-14/h4-7,13-14,21H,8-12H2,1-3H3,(H2,19,20,22). The Kier molecular flexibility index (Phi) is 5.46. The molecule has 0 radical (unpaired) electrons. The zero-order chi connectivity index (χ0) is 16.2. The molecule has 1 fully saturated rings. The largest absolute Gasteiger partial charge is 0.396 e. The lowest BCUT2D eigenvalue weighted by Crippen LogP contribution is -2.40. The molecule has 2 amide bonds. The molecule has 1 aromatic rings. The molecule has 0 saturated heterocycles. The minimum Gasteiger partial charge on any atom is -0.396 e. The van der Waals surface area contributed by atoms with Crippen LogP contribution in [0.4, 0.5) is 10.5 Å². The van der Waals surface area contributed by atoms with Gasteiger partial charge in [-0.2, -0.15) is 0 Å². The monoisotopic (exact) mass is 304 g/mol. The van der Waals surface area contributed by atoms with Gasteiger partial charge in [0.2, 0.25) is 0 Å². The molecule has 1 aliphatic carbocycles. The van der Waals surface area contributed by atoms with Gasteiger partial charge in [-0.25, -0.2) is 4.79 Å². The summed E-state index contributed by atoms with van der Waals surface area (Å²) in [6.45, 7) is 6.68. The average Bonchev–Trinajstić information content (AvgIpc) is 2.47. The first kappa shape index (κ1) is 16.8. The Labute approximate surface area is 133 Å². The molecule has 22 heavy (non-hydrogen) atoms. The second-order valence-corrected chi connectivity index (χ2v) is 7.29. The summed E-state index contributed by atoms with van der Waals surface area (Å²) in [6, 6.07) is 8.02. The van der Waals surface area contributed by atoms with Crippen LogP contribution in [0.1, 0.15) is 52.0 Å². The maximum absolute atomic E-state index is 12.2. The van der Waals surface area contributed by atoms with E-state index >= 15 is 0 Å². The van der Waals surface area contributed by atoms with Crippen molar-refractivity contribution in [2.24, 2.45) is 5.92 Å². The number of aliphatic hydroxyl groups is 1. The first-order valence-corrected chi connectivity index (χ1v) is 8.18. The zero-order valence-corrected chi connectivity index (χ0v) is 13.9. The Hall–Kier alpha value is -1.55. The average molecular weight is 304 g/mol. The summed E-state index contributed by atoms with van der Waals surface area (Å²) in [6.07, 6.45) is 3.86. The predicted octanol–water partition coefficient (Wildman–Crippen LogP) is 3.66. The summed E-state index contributed by atoms with van der Waals surface area (Å²) in [5.74, 6) is 0.405. The quantitative estimate of drug-likeness (QED) is 0.798. The zero-order valence-electron chi connectivity index (χ0n) is 13.9. The molecule has 1 saturated carbocycles. The number of amides is 2. The van der Waals surface area contributed by atoms with E-state index in [2.05, 4.69) is 37.5 Å². The number of carbonyl (C=O) groups is 1. The van der Waals surface area contributed by atoms with Gasteiger partial charge in [0.15, 0.2) is 0 Å². The Bertz CT molecular complexity index is 500. The van der Waals surface area contributed by atoms with E-state index in [0.29, 0.717) is 5.92 Å². The van der Waals surface area contributed by atoms with Crippen LogP contribution in [0.25, 0.3) is 0 Å². The van der Waals surface area contributed by atoms with E-state index in [1.807, 2.05) is 18.2 Å². The molecular weight excluding hydrogens is 276 g/mol. The molecular formula is C18H28N2O2. The van der Waals surface area contributed by atoms with Gasteiger partial charge >= 0.3 is 6.03 Å². The summed E-state index contributed by atoms with van der Waals surface area (Å²) >= 11 is 0. The Balaban J connectivity index is 1.93. The fourth-order valence-corrected chi connectivity index (χ4v) is 3.08. The molecule has 4 heteroatoms. The highest BCUT2D eigenvalue weighted by atomic mass is 16.3. The van der Waals surface area contributed by atoms with E-state index < -0.39 is 0 Å². The number of anilines is 1. The molecule has 2 rings (SSSR count). The lowest BCUT2D eigenvalue weighted by molar-refractivity contribution is 0.176. The van der Waals surface area contributed by atoms with Crippen LogP contribution in [-0.2, 0) is 5.41 Å². The topological polar surface area (TPSA) is 61.4 Å². The summed E-state index contributed by atoms with van der Waals surface area (Å²) in [7, 11) is 0. The number of hydrogen-bond acceptors (Lipinski definition) is 2. The van der Waals surface area contributed by atoms with Gasteiger partial charge in [-0.3, -0.25) is 0 Å². The number of para-hydroxylation sites is 1. The number of aliphatic hydroxyl groups excluding tert-OH is 1. The van der Waals surface area contributed by atoms with E-state index in [-0.39, 0.29) is 24.1 Å². The fraction of sp³-hybridized carbons (Fsp3) is 0.611. The minimum atomic E-state index is -0.135. The van der Waals surface area contributed by atoms with Crippen molar-refractivity contribution >= 4 is 11.7 Å². The predicted molar refractivity (Wildman–Crippen MR) is 90.1 cm³/mol.